The van der Waals surface area contributed by atoms with Gasteiger partial charge in [0, 0.05) is 21.9 Å². The number of benzene rings is 9. The molecule has 0 saturated heterocycles. The number of anilines is 3. The zero-order valence-electron chi connectivity index (χ0n) is 34.8. The molecule has 1 nitrogen and oxygen atoms in total. The van der Waals surface area contributed by atoms with E-state index in [-0.39, 0.29) is 10.8 Å². The van der Waals surface area contributed by atoms with Crippen molar-refractivity contribution >= 4 is 38.6 Å². The Morgan fingerprint density at radius 3 is 1.90 bits per heavy atom. The van der Waals surface area contributed by atoms with Crippen LogP contribution < -0.4 is 4.90 Å². The maximum absolute atomic E-state index is 2.60. The van der Waals surface area contributed by atoms with Crippen molar-refractivity contribution in [2.24, 2.45) is 11.8 Å². The predicted molar refractivity (Wildman–Crippen MR) is 256 cm³/mol. The lowest BCUT2D eigenvalue weighted by Gasteiger charge is -2.36. The first-order valence-electron chi connectivity index (χ1n) is 22.4. The molecule has 2 fully saturated rings. The minimum Gasteiger partial charge on any atom is -0.310 e. The van der Waals surface area contributed by atoms with Crippen LogP contribution in [-0.2, 0) is 10.8 Å². The van der Waals surface area contributed by atoms with Crippen molar-refractivity contribution in [3.8, 4) is 44.5 Å². The topological polar surface area (TPSA) is 3.24 Å². The average Bonchev–Trinajstić information content (AvgIpc) is 4.06. The molecule has 3 unspecified atom stereocenters. The molecule has 2 saturated carbocycles. The normalized spacial score (nSPS) is 19.9. The van der Waals surface area contributed by atoms with Crippen molar-refractivity contribution in [2.75, 3.05) is 4.90 Å². The highest BCUT2D eigenvalue weighted by Gasteiger charge is 2.56. The summed E-state index contributed by atoms with van der Waals surface area (Å²) >= 11 is 0. The molecule has 0 aromatic heterocycles. The van der Waals surface area contributed by atoms with E-state index in [9.17, 15) is 0 Å². The minimum absolute atomic E-state index is 0.147. The van der Waals surface area contributed by atoms with Crippen LogP contribution in [0.25, 0.3) is 66.1 Å². The van der Waals surface area contributed by atoms with Gasteiger partial charge in [0.05, 0.1) is 11.4 Å². The van der Waals surface area contributed by atoms with Gasteiger partial charge in [0.2, 0.25) is 0 Å². The SMILES string of the molecule is CC1(C)c2ccccc2-c2cccc(N(c3ccc(-c4ccc5ccccc5c4)cc3)c3ccc(-c4ccc5c(c4)C4(CC6CCC4C6)c4ccccc4-5)c4ccccc34)c21. The Bertz CT molecular complexity index is 3260. The summed E-state index contributed by atoms with van der Waals surface area (Å²) in [6.45, 7) is 4.80. The number of hydrogen-bond donors (Lipinski definition) is 0. The maximum atomic E-state index is 2.60. The Hall–Kier alpha value is -6.70. The van der Waals surface area contributed by atoms with E-state index in [0.717, 1.165) is 17.5 Å². The van der Waals surface area contributed by atoms with E-state index < -0.39 is 0 Å². The largest absolute Gasteiger partial charge is 0.310 e. The van der Waals surface area contributed by atoms with Crippen LogP contribution in [0.5, 0.6) is 0 Å². The Labute approximate surface area is 359 Å². The zero-order valence-corrected chi connectivity index (χ0v) is 34.8. The second kappa shape index (κ2) is 12.9. The molecule has 3 atom stereocenters. The first-order chi connectivity index (χ1) is 30.0. The summed E-state index contributed by atoms with van der Waals surface area (Å²) in [6.07, 6.45) is 5.41. The standard InChI is InChI=1S/C60H47N/c1-59(2)53-19-9-7-16-49(53)52-18-11-21-57(58(52)59)61(45-29-25-40(26-30-45)42-24-23-39-12-3-4-13-41(39)35-42)56-33-32-46(47-14-5-6-17-51(47)56)43-27-31-50-48-15-8-10-20-54(48)60(55(50)36-43)37-38-22-28-44(60)34-38/h3-21,23-27,29-33,35-36,38,44H,22,28,34,37H2,1-2H3. The van der Waals surface area contributed by atoms with Crippen LogP contribution in [-0.4, -0.2) is 0 Å². The van der Waals surface area contributed by atoms with Crippen LogP contribution in [0.4, 0.5) is 17.1 Å². The van der Waals surface area contributed by atoms with E-state index in [0.29, 0.717) is 0 Å². The first-order valence-corrected chi connectivity index (χ1v) is 22.4. The summed E-state index contributed by atoms with van der Waals surface area (Å²) in [5, 5.41) is 5.06. The molecule has 0 heterocycles. The smallest absolute Gasteiger partial charge is 0.0540 e. The van der Waals surface area contributed by atoms with Gasteiger partial charge in [-0.3, -0.25) is 0 Å². The molecule has 1 spiro atoms. The maximum Gasteiger partial charge on any atom is 0.0540 e. The molecular formula is C60H47N. The van der Waals surface area contributed by atoms with Gasteiger partial charge in [-0.25, -0.2) is 0 Å². The fourth-order valence-electron chi connectivity index (χ4n) is 12.9. The van der Waals surface area contributed by atoms with Gasteiger partial charge < -0.3 is 4.90 Å². The predicted octanol–water partition coefficient (Wildman–Crippen LogP) is 16.2. The summed E-state index contributed by atoms with van der Waals surface area (Å²) in [4.78, 5) is 2.55. The second-order valence-corrected chi connectivity index (χ2v) is 18.8. The van der Waals surface area contributed by atoms with Crippen LogP contribution >= 0.6 is 0 Å². The number of nitrogens with zero attached hydrogens (tertiary/aromatic N) is 1. The van der Waals surface area contributed by atoms with Crippen molar-refractivity contribution in [3.05, 3.63) is 210 Å². The third-order valence-corrected chi connectivity index (χ3v) is 15.5. The average molecular weight is 782 g/mol. The molecule has 4 aliphatic carbocycles. The van der Waals surface area contributed by atoms with E-state index in [1.165, 1.54) is 114 Å². The Morgan fingerprint density at radius 2 is 1.10 bits per heavy atom. The number of rotatable bonds is 5. The Kier molecular flexibility index (Phi) is 7.42. The molecule has 9 aromatic rings. The second-order valence-electron chi connectivity index (χ2n) is 18.8. The van der Waals surface area contributed by atoms with Crippen LogP contribution in [0.15, 0.2) is 188 Å². The molecule has 0 N–H and O–H groups in total. The molecule has 61 heavy (non-hydrogen) atoms. The molecule has 1 heteroatoms. The lowest BCUT2D eigenvalue weighted by Crippen LogP contribution is -2.31. The van der Waals surface area contributed by atoms with E-state index in [1.807, 2.05) is 0 Å². The van der Waals surface area contributed by atoms with Crippen molar-refractivity contribution in [1.82, 2.24) is 0 Å². The summed E-state index contributed by atoms with van der Waals surface area (Å²) in [6, 6.07) is 71.4. The fourth-order valence-corrected chi connectivity index (χ4v) is 12.9. The summed E-state index contributed by atoms with van der Waals surface area (Å²) in [7, 11) is 0. The monoisotopic (exact) mass is 781 g/mol. The summed E-state index contributed by atoms with van der Waals surface area (Å²) in [5.41, 5.74) is 20.1. The van der Waals surface area contributed by atoms with Crippen LogP contribution in [0.3, 0.4) is 0 Å². The van der Waals surface area contributed by atoms with Gasteiger partial charge in [0.1, 0.15) is 0 Å². The highest BCUT2D eigenvalue weighted by molar-refractivity contribution is 6.07. The van der Waals surface area contributed by atoms with E-state index in [1.54, 1.807) is 11.1 Å². The molecule has 0 aliphatic heterocycles. The van der Waals surface area contributed by atoms with Crippen LogP contribution in [0.2, 0.25) is 0 Å². The molecule has 13 rings (SSSR count). The summed E-state index contributed by atoms with van der Waals surface area (Å²) < 4.78 is 0. The molecular weight excluding hydrogens is 735 g/mol. The van der Waals surface area contributed by atoms with Gasteiger partial charge in [-0.2, -0.15) is 0 Å². The quantitative estimate of drug-likeness (QED) is 0.168. The molecule has 292 valence electrons. The van der Waals surface area contributed by atoms with Gasteiger partial charge in [-0.05, 0) is 150 Å². The highest BCUT2D eigenvalue weighted by atomic mass is 15.1. The lowest BCUT2D eigenvalue weighted by atomic mass is 9.66. The van der Waals surface area contributed by atoms with Gasteiger partial charge >= 0.3 is 0 Å². The molecule has 0 amide bonds. The third kappa shape index (κ3) is 4.95. The van der Waals surface area contributed by atoms with Crippen molar-refractivity contribution in [3.63, 3.8) is 0 Å². The summed E-state index contributed by atoms with van der Waals surface area (Å²) in [5.74, 6) is 1.58. The molecule has 9 aromatic carbocycles. The van der Waals surface area contributed by atoms with Gasteiger partial charge in [-0.1, -0.05) is 172 Å². The van der Waals surface area contributed by atoms with E-state index in [2.05, 4.69) is 207 Å². The molecule has 4 aliphatic rings. The van der Waals surface area contributed by atoms with Crippen LogP contribution in [0.1, 0.15) is 61.8 Å². The van der Waals surface area contributed by atoms with E-state index >= 15 is 0 Å². The number of fused-ring (bicyclic) bond motifs is 13. The van der Waals surface area contributed by atoms with Crippen molar-refractivity contribution < 1.29 is 0 Å². The lowest BCUT2D eigenvalue weighted by molar-refractivity contribution is 0.327. The van der Waals surface area contributed by atoms with Gasteiger partial charge in [0.15, 0.2) is 0 Å². The Balaban J connectivity index is 0.991. The van der Waals surface area contributed by atoms with Crippen LogP contribution in [0, 0.1) is 11.8 Å². The minimum atomic E-state index is -0.181. The number of hydrogen-bond acceptors (Lipinski definition) is 1. The van der Waals surface area contributed by atoms with Crippen molar-refractivity contribution in [1.29, 1.82) is 0 Å². The van der Waals surface area contributed by atoms with Crippen molar-refractivity contribution in [2.45, 2.75) is 50.4 Å². The van der Waals surface area contributed by atoms with Gasteiger partial charge in [0.25, 0.3) is 0 Å². The first kappa shape index (κ1) is 35.1. The highest BCUT2D eigenvalue weighted by Crippen LogP contribution is 2.66. The van der Waals surface area contributed by atoms with E-state index in [4.69, 9.17) is 0 Å². The molecule has 0 radical (unpaired) electrons. The Morgan fingerprint density at radius 1 is 0.443 bits per heavy atom. The zero-order chi connectivity index (χ0) is 40.5. The molecule has 2 bridgehead atoms. The fraction of sp³-hybridized carbons (Fsp3) is 0.167. The third-order valence-electron chi connectivity index (χ3n) is 15.5. The van der Waals surface area contributed by atoms with Gasteiger partial charge in [-0.15, -0.1) is 0 Å².